The molecule has 0 aromatic heterocycles. The minimum atomic E-state index is -3.60. The molecule has 8 heteroatoms. The zero-order valence-electron chi connectivity index (χ0n) is 21.9. The lowest BCUT2D eigenvalue weighted by Gasteiger charge is -2.41. The molecule has 3 aromatic rings. The summed E-state index contributed by atoms with van der Waals surface area (Å²) in [6, 6.07) is 26.4. The number of sulfonamides is 1. The predicted octanol–water partition coefficient (Wildman–Crippen LogP) is 6.18. The SMILES string of the molecule is CC(=O)C1(c2ccccc2)CCN(CCC(CN(C)S(=O)(=O)c2ccccc2)c2cccc(Cl)c2)CC1.Cl. The van der Waals surface area contributed by atoms with Crippen LogP contribution in [0.15, 0.2) is 89.8 Å². The Bertz CT molecular complexity index is 1300. The van der Waals surface area contributed by atoms with E-state index in [9.17, 15) is 13.2 Å². The van der Waals surface area contributed by atoms with Crippen molar-refractivity contribution in [1.82, 2.24) is 9.21 Å². The molecule has 4 rings (SSSR count). The summed E-state index contributed by atoms with van der Waals surface area (Å²) in [5, 5.41) is 0.642. The zero-order valence-corrected chi connectivity index (χ0v) is 24.3. The topological polar surface area (TPSA) is 57.7 Å². The van der Waals surface area contributed by atoms with E-state index in [0.717, 1.165) is 50.0 Å². The molecule has 0 N–H and O–H groups in total. The molecule has 0 saturated carbocycles. The van der Waals surface area contributed by atoms with Gasteiger partial charge < -0.3 is 4.90 Å². The van der Waals surface area contributed by atoms with Gasteiger partial charge in [0.15, 0.2) is 0 Å². The number of ketones is 1. The van der Waals surface area contributed by atoms with Crippen LogP contribution >= 0.6 is 24.0 Å². The van der Waals surface area contributed by atoms with Crippen molar-refractivity contribution in [2.75, 3.05) is 33.2 Å². The summed E-state index contributed by atoms with van der Waals surface area (Å²) in [7, 11) is -1.96. The molecule has 1 atom stereocenters. The average molecular weight is 576 g/mol. The lowest BCUT2D eigenvalue weighted by atomic mass is 9.70. The van der Waals surface area contributed by atoms with Gasteiger partial charge in [0.1, 0.15) is 5.78 Å². The van der Waals surface area contributed by atoms with Gasteiger partial charge in [0.25, 0.3) is 0 Å². The first-order valence-electron chi connectivity index (χ1n) is 12.8. The van der Waals surface area contributed by atoms with E-state index in [1.54, 1.807) is 38.2 Å². The number of carbonyl (C=O) groups excluding carboxylic acids is 1. The second kappa shape index (κ2) is 13.2. The smallest absolute Gasteiger partial charge is 0.242 e. The predicted molar refractivity (Wildman–Crippen MR) is 157 cm³/mol. The molecular formula is C30H36Cl2N2O3S. The third kappa shape index (κ3) is 6.85. The quantitative estimate of drug-likeness (QED) is 0.290. The number of rotatable bonds is 10. The van der Waals surface area contributed by atoms with Gasteiger partial charge in [-0.15, -0.1) is 12.4 Å². The highest BCUT2D eigenvalue weighted by molar-refractivity contribution is 7.89. The number of Topliss-reactive ketones (excluding diaryl/α,β-unsaturated/α-hetero) is 1. The Balaban J connectivity index is 0.00000400. The first-order valence-corrected chi connectivity index (χ1v) is 14.6. The summed E-state index contributed by atoms with van der Waals surface area (Å²) < 4.78 is 27.8. The van der Waals surface area contributed by atoms with Gasteiger partial charge in [0, 0.05) is 18.6 Å². The van der Waals surface area contributed by atoms with E-state index in [1.807, 2.05) is 48.5 Å². The van der Waals surface area contributed by atoms with E-state index in [4.69, 9.17) is 11.6 Å². The van der Waals surface area contributed by atoms with Crippen LogP contribution in [0.2, 0.25) is 5.02 Å². The van der Waals surface area contributed by atoms with Gasteiger partial charge in [-0.1, -0.05) is 72.3 Å². The highest BCUT2D eigenvalue weighted by Gasteiger charge is 2.40. The molecule has 5 nitrogen and oxygen atoms in total. The van der Waals surface area contributed by atoms with Crippen LogP contribution in [0.5, 0.6) is 0 Å². The van der Waals surface area contributed by atoms with Gasteiger partial charge in [-0.2, -0.15) is 0 Å². The number of piperidine rings is 1. The fourth-order valence-corrected chi connectivity index (χ4v) is 6.84. The van der Waals surface area contributed by atoms with Crippen LogP contribution in [0, 0.1) is 0 Å². The van der Waals surface area contributed by atoms with Crippen molar-refractivity contribution in [3.63, 3.8) is 0 Å². The Labute approximate surface area is 238 Å². The summed E-state index contributed by atoms with van der Waals surface area (Å²) in [5.41, 5.74) is 1.71. The molecule has 204 valence electrons. The number of nitrogens with zero attached hydrogens (tertiary/aromatic N) is 2. The lowest BCUT2D eigenvalue weighted by Crippen LogP contribution is -2.47. The van der Waals surface area contributed by atoms with Crippen molar-refractivity contribution in [1.29, 1.82) is 0 Å². The summed E-state index contributed by atoms with van der Waals surface area (Å²) in [6.07, 6.45) is 2.36. The van der Waals surface area contributed by atoms with Gasteiger partial charge in [-0.05, 0) is 87.1 Å². The van der Waals surface area contributed by atoms with Crippen LogP contribution < -0.4 is 0 Å². The Morgan fingerprint density at radius 1 is 0.974 bits per heavy atom. The third-order valence-corrected chi connectivity index (χ3v) is 9.83. The number of carbonyl (C=O) groups is 1. The van der Waals surface area contributed by atoms with E-state index >= 15 is 0 Å². The van der Waals surface area contributed by atoms with Gasteiger partial charge in [0.2, 0.25) is 10.0 Å². The Morgan fingerprint density at radius 3 is 2.16 bits per heavy atom. The maximum Gasteiger partial charge on any atom is 0.242 e. The van der Waals surface area contributed by atoms with Gasteiger partial charge >= 0.3 is 0 Å². The number of halogens is 2. The van der Waals surface area contributed by atoms with Crippen LogP contribution in [-0.4, -0.2) is 56.6 Å². The van der Waals surface area contributed by atoms with E-state index in [1.165, 1.54) is 4.31 Å². The van der Waals surface area contributed by atoms with E-state index in [0.29, 0.717) is 16.5 Å². The largest absolute Gasteiger partial charge is 0.303 e. The molecule has 3 aromatic carbocycles. The monoisotopic (exact) mass is 574 g/mol. The van der Waals surface area contributed by atoms with Crippen LogP contribution in [0.25, 0.3) is 0 Å². The summed E-state index contributed by atoms with van der Waals surface area (Å²) >= 11 is 6.31. The van der Waals surface area contributed by atoms with Gasteiger partial charge in [-0.25, -0.2) is 12.7 Å². The fourth-order valence-electron chi connectivity index (χ4n) is 5.40. The van der Waals surface area contributed by atoms with Crippen LogP contribution in [-0.2, 0) is 20.2 Å². The first kappa shape index (κ1) is 30.3. The summed E-state index contributed by atoms with van der Waals surface area (Å²) in [6.45, 7) is 4.54. The highest BCUT2D eigenvalue weighted by atomic mass is 35.5. The van der Waals surface area contributed by atoms with Crippen molar-refractivity contribution in [3.8, 4) is 0 Å². The summed E-state index contributed by atoms with van der Waals surface area (Å²) in [4.78, 5) is 15.4. The fraction of sp³-hybridized carbons (Fsp3) is 0.367. The van der Waals surface area contributed by atoms with Crippen molar-refractivity contribution >= 4 is 39.8 Å². The molecule has 1 fully saturated rings. The Hall–Kier alpha value is -2.22. The molecule has 1 aliphatic heterocycles. The number of hydrogen-bond donors (Lipinski definition) is 0. The van der Waals surface area contributed by atoms with E-state index in [2.05, 4.69) is 17.0 Å². The molecular weight excluding hydrogens is 539 g/mol. The highest BCUT2D eigenvalue weighted by Crippen LogP contribution is 2.37. The van der Waals surface area contributed by atoms with E-state index in [-0.39, 0.29) is 24.1 Å². The second-order valence-corrected chi connectivity index (χ2v) is 12.5. The van der Waals surface area contributed by atoms with Gasteiger partial charge in [0.05, 0.1) is 10.3 Å². The first-order chi connectivity index (χ1) is 17.7. The third-order valence-electron chi connectivity index (χ3n) is 7.75. The van der Waals surface area contributed by atoms with Gasteiger partial charge in [-0.3, -0.25) is 4.79 Å². The normalized spacial score (nSPS) is 16.5. The number of hydrogen-bond acceptors (Lipinski definition) is 4. The lowest BCUT2D eigenvalue weighted by molar-refractivity contribution is -0.124. The van der Waals surface area contributed by atoms with Crippen molar-refractivity contribution < 1.29 is 13.2 Å². The average Bonchev–Trinajstić information content (AvgIpc) is 2.92. The Morgan fingerprint density at radius 2 is 1.58 bits per heavy atom. The minimum Gasteiger partial charge on any atom is -0.303 e. The summed E-state index contributed by atoms with van der Waals surface area (Å²) in [5.74, 6) is 0.207. The Kier molecular flexibility index (Phi) is 10.6. The molecule has 0 radical (unpaired) electrons. The van der Waals surface area contributed by atoms with Crippen LogP contribution in [0.1, 0.15) is 43.2 Å². The number of likely N-dealkylation sites (N-methyl/N-ethyl adjacent to an activating group) is 1. The number of likely N-dealkylation sites (tertiary alicyclic amines) is 1. The minimum absolute atomic E-state index is 0. The maximum atomic E-state index is 13.2. The van der Waals surface area contributed by atoms with Crippen molar-refractivity contribution in [2.24, 2.45) is 0 Å². The second-order valence-electron chi connectivity index (χ2n) is 9.99. The van der Waals surface area contributed by atoms with Crippen LogP contribution in [0.4, 0.5) is 0 Å². The molecule has 0 amide bonds. The van der Waals surface area contributed by atoms with Crippen LogP contribution in [0.3, 0.4) is 0 Å². The molecule has 1 heterocycles. The molecule has 1 unspecified atom stereocenters. The number of benzene rings is 3. The molecule has 1 aliphatic rings. The van der Waals surface area contributed by atoms with Crippen molar-refractivity contribution in [3.05, 3.63) is 101 Å². The molecule has 0 bridgehead atoms. The molecule has 1 saturated heterocycles. The zero-order chi connectivity index (χ0) is 26.5. The standard InChI is InChI=1S/C30H35ClN2O3S.ClH/c1-24(34)30(27-11-5-3-6-12-27)17-20-33(21-18-30)19-16-26(25-10-9-13-28(31)22-25)23-32(2)37(35,36)29-14-7-4-8-15-29;/h3-15,22,26H,16-21,23H2,1-2H3;1H. The molecule has 38 heavy (non-hydrogen) atoms. The van der Waals surface area contributed by atoms with Crippen molar-refractivity contribution in [2.45, 2.75) is 42.4 Å². The molecule has 0 spiro atoms. The maximum absolute atomic E-state index is 13.2. The molecule has 0 aliphatic carbocycles. The van der Waals surface area contributed by atoms with E-state index < -0.39 is 15.4 Å².